The van der Waals surface area contributed by atoms with E-state index in [0.717, 1.165) is 18.6 Å². The fraction of sp³-hybridized carbons (Fsp3) is 0.824. The summed E-state index contributed by atoms with van der Waals surface area (Å²) in [5.41, 5.74) is 0. The molecule has 0 saturated heterocycles. The highest BCUT2D eigenvalue weighted by Gasteiger charge is 1.93. The van der Waals surface area contributed by atoms with Crippen molar-refractivity contribution in [2.24, 2.45) is 0 Å². The second kappa shape index (κ2) is 15.8. The predicted octanol–water partition coefficient (Wildman–Crippen LogP) is 5.74. The van der Waals surface area contributed by atoms with E-state index in [0.29, 0.717) is 5.78 Å². The summed E-state index contributed by atoms with van der Waals surface area (Å²) in [6.45, 7) is 1.68. The van der Waals surface area contributed by atoms with Gasteiger partial charge in [-0.2, -0.15) is 12.6 Å². The zero-order valence-corrected chi connectivity index (χ0v) is 13.6. The first-order valence-corrected chi connectivity index (χ1v) is 8.66. The van der Waals surface area contributed by atoms with E-state index in [4.69, 9.17) is 0 Å². The Balaban J connectivity index is 3.07. The minimum absolute atomic E-state index is 0.328. The number of thiol groups is 1. The van der Waals surface area contributed by atoms with E-state index in [2.05, 4.69) is 24.8 Å². The van der Waals surface area contributed by atoms with Gasteiger partial charge in [0.05, 0.1) is 0 Å². The third kappa shape index (κ3) is 17.8. The fourth-order valence-electron chi connectivity index (χ4n) is 2.13. The van der Waals surface area contributed by atoms with Gasteiger partial charge in [0.1, 0.15) is 5.78 Å². The molecule has 0 atom stereocenters. The maximum Gasteiger partial charge on any atom is 0.129 e. The van der Waals surface area contributed by atoms with Crippen LogP contribution in [0.5, 0.6) is 0 Å². The average molecular weight is 285 g/mol. The molecule has 0 amide bonds. The molecule has 0 aliphatic rings. The van der Waals surface area contributed by atoms with Gasteiger partial charge in [0.15, 0.2) is 0 Å². The summed E-state index contributed by atoms with van der Waals surface area (Å²) in [6.07, 6.45) is 19.4. The monoisotopic (exact) mass is 284 g/mol. The topological polar surface area (TPSA) is 17.1 Å². The van der Waals surface area contributed by atoms with Gasteiger partial charge >= 0.3 is 0 Å². The summed E-state index contributed by atoms with van der Waals surface area (Å²) in [4.78, 5) is 10.7. The van der Waals surface area contributed by atoms with Gasteiger partial charge < -0.3 is 4.79 Å². The largest absolute Gasteiger partial charge is 0.300 e. The van der Waals surface area contributed by atoms with Crippen molar-refractivity contribution in [2.45, 2.75) is 84.0 Å². The first-order valence-electron chi connectivity index (χ1n) is 8.02. The maximum atomic E-state index is 10.7. The van der Waals surface area contributed by atoms with Crippen LogP contribution >= 0.6 is 12.6 Å². The number of Topliss-reactive ketones (excluding diaryl/α,β-unsaturated/α-hetero) is 1. The van der Waals surface area contributed by atoms with Crippen LogP contribution in [0.4, 0.5) is 0 Å². The Morgan fingerprint density at radius 2 is 1.26 bits per heavy atom. The third-order valence-corrected chi connectivity index (χ3v) is 3.66. The van der Waals surface area contributed by atoms with E-state index in [1.807, 2.05) is 0 Å². The maximum absolute atomic E-state index is 10.7. The van der Waals surface area contributed by atoms with E-state index < -0.39 is 0 Å². The minimum Gasteiger partial charge on any atom is -0.300 e. The fourth-order valence-corrected chi connectivity index (χ4v) is 2.35. The van der Waals surface area contributed by atoms with Crippen LogP contribution in [-0.2, 0) is 4.79 Å². The van der Waals surface area contributed by atoms with Crippen LogP contribution in [0, 0.1) is 0 Å². The zero-order valence-electron chi connectivity index (χ0n) is 12.7. The molecule has 0 aromatic rings. The van der Waals surface area contributed by atoms with Crippen molar-refractivity contribution in [2.75, 3.05) is 5.75 Å². The summed E-state index contributed by atoms with van der Waals surface area (Å²) in [5.74, 6) is 1.36. The molecule has 0 aliphatic heterocycles. The number of rotatable bonds is 14. The van der Waals surface area contributed by atoms with Crippen LogP contribution in [0.15, 0.2) is 12.2 Å². The van der Waals surface area contributed by atoms with E-state index in [1.165, 1.54) is 64.2 Å². The number of unbranched alkanes of at least 4 members (excludes halogenated alkanes) is 9. The van der Waals surface area contributed by atoms with Gasteiger partial charge in [-0.05, 0) is 51.2 Å². The summed E-state index contributed by atoms with van der Waals surface area (Å²) in [6, 6.07) is 0. The van der Waals surface area contributed by atoms with E-state index in [1.54, 1.807) is 6.92 Å². The van der Waals surface area contributed by atoms with Crippen molar-refractivity contribution in [1.29, 1.82) is 0 Å². The molecular formula is C17H32OS. The molecule has 0 N–H and O–H groups in total. The average Bonchev–Trinajstić information content (AvgIpc) is 2.39. The SMILES string of the molecule is CC(=O)CCCCCC/C=C\CCCCCCCS. The molecule has 1 nitrogen and oxygen atoms in total. The Morgan fingerprint density at radius 3 is 1.79 bits per heavy atom. The van der Waals surface area contributed by atoms with Crippen molar-refractivity contribution in [3.63, 3.8) is 0 Å². The minimum atomic E-state index is 0.328. The lowest BCUT2D eigenvalue weighted by Crippen LogP contribution is -1.88. The van der Waals surface area contributed by atoms with Crippen molar-refractivity contribution in [1.82, 2.24) is 0 Å². The molecule has 0 fully saturated rings. The molecule has 0 saturated carbocycles. The van der Waals surface area contributed by atoms with Crippen LogP contribution in [0.25, 0.3) is 0 Å². The third-order valence-electron chi connectivity index (χ3n) is 3.35. The molecule has 0 rings (SSSR count). The lowest BCUT2D eigenvalue weighted by molar-refractivity contribution is -0.117. The Morgan fingerprint density at radius 1 is 0.789 bits per heavy atom. The quantitative estimate of drug-likeness (QED) is 0.244. The highest BCUT2D eigenvalue weighted by atomic mass is 32.1. The Kier molecular flexibility index (Phi) is 15.6. The number of carbonyl (C=O) groups is 1. The molecule has 0 heterocycles. The number of carbonyl (C=O) groups excluding carboxylic acids is 1. The van der Waals surface area contributed by atoms with E-state index >= 15 is 0 Å². The van der Waals surface area contributed by atoms with Crippen molar-refractivity contribution < 1.29 is 4.79 Å². The summed E-state index contributed by atoms with van der Waals surface area (Å²) >= 11 is 4.21. The molecule has 0 unspecified atom stereocenters. The van der Waals surface area contributed by atoms with Crippen molar-refractivity contribution >= 4 is 18.4 Å². The Hall–Kier alpha value is -0.240. The molecule has 0 aromatic heterocycles. The smallest absolute Gasteiger partial charge is 0.129 e. The summed E-state index contributed by atoms with van der Waals surface area (Å²) in [7, 11) is 0. The molecule has 112 valence electrons. The number of ketones is 1. The standard InChI is InChI=1S/C17H32OS/c1-17(18)15-13-11-9-7-5-3-2-4-6-8-10-12-14-16-19/h2-3,19H,4-16H2,1H3/b3-2-. The lowest BCUT2D eigenvalue weighted by Gasteiger charge is -1.98. The second-order valence-electron chi connectivity index (χ2n) is 5.41. The highest BCUT2D eigenvalue weighted by Crippen LogP contribution is 2.08. The zero-order chi connectivity index (χ0) is 14.2. The normalized spacial score (nSPS) is 11.3. The van der Waals surface area contributed by atoms with Crippen LogP contribution in [0.1, 0.15) is 84.0 Å². The van der Waals surface area contributed by atoms with Gasteiger partial charge in [-0.15, -0.1) is 0 Å². The van der Waals surface area contributed by atoms with Gasteiger partial charge in [-0.25, -0.2) is 0 Å². The summed E-state index contributed by atoms with van der Waals surface area (Å²) < 4.78 is 0. The first kappa shape index (κ1) is 18.8. The van der Waals surface area contributed by atoms with Gasteiger partial charge in [0.25, 0.3) is 0 Å². The Bertz CT molecular complexity index is 223. The van der Waals surface area contributed by atoms with Gasteiger partial charge in [0.2, 0.25) is 0 Å². The van der Waals surface area contributed by atoms with E-state index in [-0.39, 0.29) is 0 Å². The molecule has 0 aliphatic carbocycles. The van der Waals surface area contributed by atoms with Crippen LogP contribution in [0.2, 0.25) is 0 Å². The van der Waals surface area contributed by atoms with Crippen LogP contribution in [0.3, 0.4) is 0 Å². The molecule has 2 heteroatoms. The highest BCUT2D eigenvalue weighted by molar-refractivity contribution is 7.80. The van der Waals surface area contributed by atoms with E-state index in [9.17, 15) is 4.79 Å². The van der Waals surface area contributed by atoms with Crippen LogP contribution in [-0.4, -0.2) is 11.5 Å². The molecule has 19 heavy (non-hydrogen) atoms. The first-order chi connectivity index (χ1) is 9.27. The molecule has 0 aromatic carbocycles. The Labute approximate surface area is 125 Å². The molecule has 0 bridgehead atoms. The van der Waals surface area contributed by atoms with Gasteiger partial charge in [-0.1, -0.05) is 44.3 Å². The van der Waals surface area contributed by atoms with Crippen molar-refractivity contribution in [3.05, 3.63) is 12.2 Å². The van der Waals surface area contributed by atoms with Crippen LogP contribution < -0.4 is 0 Å². The lowest BCUT2D eigenvalue weighted by atomic mass is 10.1. The predicted molar refractivity (Wildman–Crippen MR) is 89.1 cm³/mol. The van der Waals surface area contributed by atoms with Gasteiger partial charge in [0, 0.05) is 6.42 Å². The molecule has 0 spiro atoms. The van der Waals surface area contributed by atoms with Gasteiger partial charge in [-0.3, -0.25) is 0 Å². The number of hydrogen-bond donors (Lipinski definition) is 1. The summed E-state index contributed by atoms with van der Waals surface area (Å²) in [5, 5.41) is 0. The molecule has 0 radical (unpaired) electrons. The number of hydrogen-bond acceptors (Lipinski definition) is 2. The van der Waals surface area contributed by atoms with Crippen molar-refractivity contribution in [3.8, 4) is 0 Å². The number of allylic oxidation sites excluding steroid dienone is 2. The second-order valence-corrected chi connectivity index (χ2v) is 5.85. The molecular weight excluding hydrogens is 252 g/mol.